The molecule has 200 valence electrons. The normalized spacial score (nSPS) is 22.9. The highest BCUT2D eigenvalue weighted by Crippen LogP contribution is 2.31. The van der Waals surface area contributed by atoms with Crippen LogP contribution in [0.2, 0.25) is 5.02 Å². The summed E-state index contributed by atoms with van der Waals surface area (Å²) in [6.07, 6.45) is 9.59. The molecule has 2 atom stereocenters. The number of hydrogen-bond donors (Lipinski definition) is 1. The predicted octanol–water partition coefficient (Wildman–Crippen LogP) is 3.80. The van der Waals surface area contributed by atoms with E-state index in [0.29, 0.717) is 35.8 Å². The van der Waals surface area contributed by atoms with Crippen LogP contribution in [0.4, 0.5) is 0 Å². The zero-order valence-electron chi connectivity index (χ0n) is 21.8. The molecule has 3 fully saturated rings. The Kier molecular flexibility index (Phi) is 10.3. The molecule has 0 radical (unpaired) electrons. The van der Waals surface area contributed by atoms with Gasteiger partial charge in [0.05, 0.1) is 6.04 Å². The van der Waals surface area contributed by atoms with Gasteiger partial charge in [0.25, 0.3) is 5.91 Å². The highest BCUT2D eigenvalue weighted by Gasteiger charge is 2.37. The molecule has 36 heavy (non-hydrogen) atoms. The summed E-state index contributed by atoms with van der Waals surface area (Å²) in [7, 11) is 0. The summed E-state index contributed by atoms with van der Waals surface area (Å²) in [5, 5.41) is 3.91. The molecule has 1 aromatic rings. The van der Waals surface area contributed by atoms with Gasteiger partial charge in [0.1, 0.15) is 5.75 Å². The number of piperidine rings is 1. The quantitative estimate of drug-likeness (QED) is 0.477. The van der Waals surface area contributed by atoms with Crippen LogP contribution in [0.5, 0.6) is 5.75 Å². The molecular formula is C28H43ClN4O3. The van der Waals surface area contributed by atoms with Gasteiger partial charge in [-0.3, -0.25) is 14.5 Å². The van der Waals surface area contributed by atoms with Gasteiger partial charge in [-0.1, -0.05) is 30.9 Å². The maximum atomic E-state index is 13.4. The van der Waals surface area contributed by atoms with Crippen LogP contribution in [-0.4, -0.2) is 91.0 Å². The van der Waals surface area contributed by atoms with E-state index in [1.165, 1.54) is 38.6 Å². The minimum atomic E-state index is -0.0796. The summed E-state index contributed by atoms with van der Waals surface area (Å²) in [5.74, 6) is 1.22. The fourth-order valence-corrected chi connectivity index (χ4v) is 6.18. The van der Waals surface area contributed by atoms with Crippen molar-refractivity contribution in [2.45, 2.75) is 70.4 Å². The van der Waals surface area contributed by atoms with Gasteiger partial charge in [0.15, 0.2) is 6.61 Å². The molecule has 8 heteroatoms. The minimum absolute atomic E-state index is 0.0154. The summed E-state index contributed by atoms with van der Waals surface area (Å²) in [4.78, 5) is 32.8. The van der Waals surface area contributed by atoms with Crippen molar-refractivity contribution < 1.29 is 14.3 Å². The molecule has 1 N–H and O–H groups in total. The fraction of sp³-hybridized carbons (Fsp3) is 0.714. The number of halogens is 1. The number of benzene rings is 1. The lowest BCUT2D eigenvalue weighted by Crippen LogP contribution is -2.58. The first-order valence-corrected chi connectivity index (χ1v) is 14.3. The van der Waals surface area contributed by atoms with Crippen LogP contribution in [0.25, 0.3) is 0 Å². The third-order valence-corrected chi connectivity index (χ3v) is 8.47. The molecule has 4 rings (SSSR count). The van der Waals surface area contributed by atoms with E-state index in [2.05, 4.69) is 22.0 Å². The second-order valence-electron chi connectivity index (χ2n) is 10.7. The van der Waals surface area contributed by atoms with Crippen molar-refractivity contribution in [3.8, 4) is 5.75 Å². The Morgan fingerprint density at radius 2 is 1.69 bits per heavy atom. The van der Waals surface area contributed by atoms with Crippen LogP contribution in [-0.2, 0) is 9.59 Å². The molecule has 0 unspecified atom stereocenters. The third-order valence-electron chi connectivity index (χ3n) is 8.21. The molecule has 1 aliphatic carbocycles. The molecule has 1 saturated carbocycles. The van der Waals surface area contributed by atoms with Crippen LogP contribution >= 0.6 is 11.6 Å². The van der Waals surface area contributed by atoms with Crippen molar-refractivity contribution >= 4 is 23.4 Å². The Morgan fingerprint density at radius 3 is 2.39 bits per heavy atom. The Morgan fingerprint density at radius 1 is 1.00 bits per heavy atom. The van der Waals surface area contributed by atoms with Gasteiger partial charge in [0.2, 0.25) is 5.91 Å². The van der Waals surface area contributed by atoms with Crippen molar-refractivity contribution in [1.82, 2.24) is 20.0 Å². The lowest BCUT2D eigenvalue weighted by atomic mass is 9.95. The van der Waals surface area contributed by atoms with E-state index in [1.54, 1.807) is 24.3 Å². The zero-order chi connectivity index (χ0) is 25.3. The van der Waals surface area contributed by atoms with Gasteiger partial charge in [-0.25, -0.2) is 0 Å². The van der Waals surface area contributed by atoms with Crippen molar-refractivity contribution in [3.63, 3.8) is 0 Å². The zero-order valence-corrected chi connectivity index (χ0v) is 22.6. The van der Waals surface area contributed by atoms with Crippen LogP contribution in [0.3, 0.4) is 0 Å². The van der Waals surface area contributed by atoms with Crippen LogP contribution in [0.15, 0.2) is 24.3 Å². The second-order valence-corrected chi connectivity index (χ2v) is 11.1. The molecule has 2 saturated heterocycles. The molecule has 2 heterocycles. The maximum Gasteiger partial charge on any atom is 0.260 e. The number of likely N-dealkylation sites (tertiary alicyclic amines) is 1. The minimum Gasteiger partial charge on any atom is -0.484 e. The molecule has 2 aliphatic heterocycles. The molecule has 0 aromatic heterocycles. The molecule has 0 bridgehead atoms. The van der Waals surface area contributed by atoms with Crippen molar-refractivity contribution in [1.29, 1.82) is 0 Å². The largest absolute Gasteiger partial charge is 0.484 e. The number of amides is 2. The van der Waals surface area contributed by atoms with E-state index < -0.39 is 0 Å². The summed E-state index contributed by atoms with van der Waals surface area (Å²) in [6.45, 7) is 8.05. The van der Waals surface area contributed by atoms with Gasteiger partial charge in [-0.15, -0.1) is 0 Å². The first-order valence-electron chi connectivity index (χ1n) is 13.9. The van der Waals surface area contributed by atoms with Gasteiger partial charge in [-0.2, -0.15) is 0 Å². The Bertz CT molecular complexity index is 838. The Balaban J connectivity index is 1.23. The standard InChI is InChI=1S/C28H43ClN4O3/c1-22-7-4-5-15-31(22)16-6-14-30-28(35)27(23-8-2-3-9-23)33-19-17-32(18-20-33)26(34)21-36-25-12-10-24(29)11-13-25/h10-13,22-23,27H,2-9,14-21H2,1H3,(H,30,35)/t22-,27-/m0/s1. The average Bonchev–Trinajstić information content (AvgIpc) is 3.42. The van der Waals surface area contributed by atoms with E-state index in [0.717, 1.165) is 45.4 Å². The lowest BCUT2D eigenvalue weighted by molar-refractivity contribution is -0.137. The van der Waals surface area contributed by atoms with Gasteiger partial charge < -0.3 is 19.9 Å². The lowest BCUT2D eigenvalue weighted by Gasteiger charge is -2.40. The summed E-state index contributed by atoms with van der Waals surface area (Å²) >= 11 is 5.91. The van der Waals surface area contributed by atoms with E-state index in [9.17, 15) is 9.59 Å². The monoisotopic (exact) mass is 518 g/mol. The first-order chi connectivity index (χ1) is 17.5. The number of carbonyl (C=O) groups excluding carboxylic acids is 2. The number of hydrogen-bond acceptors (Lipinski definition) is 5. The van der Waals surface area contributed by atoms with Crippen LogP contribution in [0.1, 0.15) is 58.3 Å². The van der Waals surface area contributed by atoms with E-state index in [-0.39, 0.29) is 24.5 Å². The highest BCUT2D eigenvalue weighted by molar-refractivity contribution is 6.30. The number of carbonyl (C=O) groups is 2. The second kappa shape index (κ2) is 13.6. The SMILES string of the molecule is C[C@H]1CCCCN1CCCNC(=O)[C@H](C1CCCC1)N1CCN(C(=O)COc2ccc(Cl)cc2)CC1. The molecule has 1 aromatic carbocycles. The molecule has 3 aliphatic rings. The number of nitrogens with one attached hydrogen (secondary N) is 1. The third kappa shape index (κ3) is 7.59. The van der Waals surface area contributed by atoms with Gasteiger partial charge in [-0.05, 0) is 75.8 Å². The van der Waals surface area contributed by atoms with Gasteiger partial charge >= 0.3 is 0 Å². The molecule has 2 amide bonds. The number of ether oxygens (including phenoxy) is 1. The van der Waals surface area contributed by atoms with Crippen LogP contribution < -0.4 is 10.1 Å². The van der Waals surface area contributed by atoms with Crippen molar-refractivity contribution in [2.75, 3.05) is 52.4 Å². The summed E-state index contributed by atoms with van der Waals surface area (Å²) in [6, 6.07) is 7.63. The van der Waals surface area contributed by atoms with E-state index in [1.807, 2.05) is 4.90 Å². The first kappa shape index (κ1) is 27.2. The van der Waals surface area contributed by atoms with Crippen LogP contribution in [0, 0.1) is 5.92 Å². The molecule has 7 nitrogen and oxygen atoms in total. The number of nitrogens with zero attached hydrogens (tertiary/aromatic N) is 3. The average molecular weight is 519 g/mol. The van der Waals surface area contributed by atoms with E-state index in [4.69, 9.17) is 16.3 Å². The topological polar surface area (TPSA) is 65.1 Å². The van der Waals surface area contributed by atoms with Crippen molar-refractivity contribution in [3.05, 3.63) is 29.3 Å². The summed E-state index contributed by atoms with van der Waals surface area (Å²) < 4.78 is 5.64. The summed E-state index contributed by atoms with van der Waals surface area (Å²) in [5.41, 5.74) is 0. The van der Waals surface area contributed by atoms with Gasteiger partial charge in [0, 0.05) is 50.3 Å². The smallest absolute Gasteiger partial charge is 0.260 e. The molecular weight excluding hydrogens is 476 g/mol. The predicted molar refractivity (Wildman–Crippen MR) is 143 cm³/mol. The number of piperazine rings is 1. The Labute approximate surface area is 221 Å². The fourth-order valence-electron chi connectivity index (χ4n) is 6.06. The van der Waals surface area contributed by atoms with E-state index >= 15 is 0 Å². The Hall–Kier alpha value is -1.83. The number of rotatable bonds is 10. The van der Waals surface area contributed by atoms with Crippen molar-refractivity contribution in [2.24, 2.45) is 5.92 Å². The highest BCUT2D eigenvalue weighted by atomic mass is 35.5. The molecule has 0 spiro atoms. The maximum absolute atomic E-state index is 13.4.